The van der Waals surface area contributed by atoms with Gasteiger partial charge in [-0.3, -0.25) is 4.79 Å². The SMILES string of the molecule is CCc1csc(-c2cc(=O)c3ccc(OC)c(Cl)c3[nH]2)n1. The van der Waals surface area contributed by atoms with Crippen molar-refractivity contribution < 1.29 is 4.74 Å². The Morgan fingerprint density at radius 2 is 2.24 bits per heavy atom. The van der Waals surface area contributed by atoms with Crippen molar-refractivity contribution in [2.24, 2.45) is 0 Å². The summed E-state index contributed by atoms with van der Waals surface area (Å²) < 4.78 is 5.19. The monoisotopic (exact) mass is 320 g/mol. The molecule has 0 spiro atoms. The van der Waals surface area contributed by atoms with Gasteiger partial charge in [-0.2, -0.15) is 0 Å². The van der Waals surface area contributed by atoms with E-state index in [-0.39, 0.29) is 5.43 Å². The Morgan fingerprint density at radius 3 is 2.90 bits per heavy atom. The number of pyridine rings is 1. The first-order chi connectivity index (χ1) is 10.1. The molecule has 0 atom stereocenters. The lowest BCUT2D eigenvalue weighted by atomic mass is 10.2. The number of thiazole rings is 1. The van der Waals surface area contributed by atoms with Gasteiger partial charge in [-0.1, -0.05) is 18.5 Å². The molecule has 108 valence electrons. The number of ether oxygens (including phenoxy) is 1. The van der Waals surface area contributed by atoms with Crippen LogP contribution in [0.3, 0.4) is 0 Å². The number of benzene rings is 1. The van der Waals surface area contributed by atoms with Crippen LogP contribution in [0.2, 0.25) is 5.02 Å². The second kappa shape index (κ2) is 5.50. The molecule has 0 saturated heterocycles. The second-order valence-electron chi connectivity index (χ2n) is 4.55. The summed E-state index contributed by atoms with van der Waals surface area (Å²) in [6.45, 7) is 2.05. The smallest absolute Gasteiger partial charge is 0.190 e. The van der Waals surface area contributed by atoms with Crippen LogP contribution in [0.25, 0.3) is 21.6 Å². The van der Waals surface area contributed by atoms with E-state index in [4.69, 9.17) is 16.3 Å². The van der Waals surface area contributed by atoms with Gasteiger partial charge in [0, 0.05) is 16.8 Å². The fourth-order valence-electron chi connectivity index (χ4n) is 2.13. The lowest BCUT2D eigenvalue weighted by molar-refractivity contribution is 0.415. The van der Waals surface area contributed by atoms with Crippen LogP contribution >= 0.6 is 22.9 Å². The number of nitrogens with one attached hydrogen (secondary N) is 1. The van der Waals surface area contributed by atoms with E-state index in [1.165, 1.54) is 11.3 Å². The number of hydrogen-bond acceptors (Lipinski definition) is 4. The molecular weight excluding hydrogens is 308 g/mol. The van der Waals surface area contributed by atoms with Crippen LogP contribution in [-0.2, 0) is 6.42 Å². The lowest BCUT2D eigenvalue weighted by Gasteiger charge is -2.07. The maximum absolute atomic E-state index is 12.3. The summed E-state index contributed by atoms with van der Waals surface area (Å²) in [4.78, 5) is 20.0. The Hall–Kier alpha value is -1.85. The quantitative estimate of drug-likeness (QED) is 0.797. The zero-order chi connectivity index (χ0) is 15.0. The number of hydrogen-bond donors (Lipinski definition) is 1. The number of rotatable bonds is 3. The molecule has 0 bridgehead atoms. The lowest BCUT2D eigenvalue weighted by Crippen LogP contribution is -2.03. The molecule has 1 N–H and O–H groups in total. The van der Waals surface area contributed by atoms with E-state index in [0.717, 1.165) is 17.1 Å². The van der Waals surface area contributed by atoms with Crippen LogP contribution in [0.5, 0.6) is 5.75 Å². The molecule has 0 amide bonds. The first-order valence-electron chi connectivity index (χ1n) is 6.48. The fourth-order valence-corrected chi connectivity index (χ4v) is 3.29. The normalized spacial score (nSPS) is 11.0. The van der Waals surface area contributed by atoms with Gasteiger partial charge in [-0.25, -0.2) is 4.98 Å². The fraction of sp³-hybridized carbons (Fsp3) is 0.200. The van der Waals surface area contributed by atoms with Gasteiger partial charge in [0.1, 0.15) is 15.8 Å². The molecule has 4 nitrogen and oxygen atoms in total. The summed E-state index contributed by atoms with van der Waals surface area (Å²) >= 11 is 7.80. The van der Waals surface area contributed by atoms with Crippen molar-refractivity contribution in [1.29, 1.82) is 0 Å². The minimum Gasteiger partial charge on any atom is -0.495 e. The van der Waals surface area contributed by atoms with Crippen molar-refractivity contribution in [3.63, 3.8) is 0 Å². The first kappa shape index (κ1) is 14.1. The Bertz CT molecular complexity index is 870. The third-order valence-corrected chi connectivity index (χ3v) is 4.57. The molecule has 21 heavy (non-hydrogen) atoms. The van der Waals surface area contributed by atoms with Crippen LogP contribution in [0.4, 0.5) is 0 Å². The highest BCUT2D eigenvalue weighted by atomic mass is 35.5. The topological polar surface area (TPSA) is 55.0 Å². The predicted molar refractivity (Wildman–Crippen MR) is 86.6 cm³/mol. The van der Waals surface area contributed by atoms with Gasteiger partial charge < -0.3 is 9.72 Å². The Kier molecular flexibility index (Phi) is 3.69. The van der Waals surface area contributed by atoms with Gasteiger partial charge in [-0.05, 0) is 18.6 Å². The number of H-pyrrole nitrogens is 1. The molecule has 3 aromatic rings. The van der Waals surface area contributed by atoms with Crippen LogP contribution < -0.4 is 10.2 Å². The van der Waals surface area contributed by atoms with Crippen LogP contribution in [-0.4, -0.2) is 17.1 Å². The van der Waals surface area contributed by atoms with Crippen LogP contribution in [0.1, 0.15) is 12.6 Å². The molecule has 0 unspecified atom stereocenters. The first-order valence-corrected chi connectivity index (χ1v) is 7.74. The van der Waals surface area contributed by atoms with Gasteiger partial charge in [-0.15, -0.1) is 11.3 Å². The maximum atomic E-state index is 12.3. The zero-order valence-corrected chi connectivity index (χ0v) is 13.1. The molecule has 1 aromatic carbocycles. The Labute approximate surface area is 130 Å². The zero-order valence-electron chi connectivity index (χ0n) is 11.6. The maximum Gasteiger partial charge on any atom is 0.190 e. The summed E-state index contributed by atoms with van der Waals surface area (Å²) in [5, 5.41) is 3.72. The van der Waals surface area contributed by atoms with E-state index in [0.29, 0.717) is 27.4 Å². The highest BCUT2D eigenvalue weighted by Gasteiger charge is 2.12. The number of aromatic amines is 1. The van der Waals surface area contributed by atoms with Crippen molar-refractivity contribution >= 4 is 33.8 Å². The van der Waals surface area contributed by atoms with Gasteiger partial charge in [0.15, 0.2) is 5.43 Å². The molecule has 0 saturated carbocycles. The van der Waals surface area contributed by atoms with E-state index in [1.54, 1.807) is 25.3 Å². The average molecular weight is 321 g/mol. The van der Waals surface area contributed by atoms with Crippen molar-refractivity contribution in [3.8, 4) is 16.5 Å². The second-order valence-corrected chi connectivity index (χ2v) is 5.79. The molecule has 2 aromatic heterocycles. The highest BCUT2D eigenvalue weighted by Crippen LogP contribution is 2.32. The van der Waals surface area contributed by atoms with Crippen molar-refractivity contribution in [1.82, 2.24) is 9.97 Å². The van der Waals surface area contributed by atoms with Gasteiger partial charge in [0.05, 0.1) is 24.0 Å². The minimum absolute atomic E-state index is 0.0865. The Morgan fingerprint density at radius 1 is 1.43 bits per heavy atom. The van der Waals surface area contributed by atoms with Gasteiger partial charge >= 0.3 is 0 Å². The third kappa shape index (κ3) is 2.43. The summed E-state index contributed by atoms with van der Waals surface area (Å²) in [6, 6.07) is 4.96. The number of fused-ring (bicyclic) bond motifs is 1. The average Bonchev–Trinajstić information content (AvgIpc) is 2.97. The largest absolute Gasteiger partial charge is 0.495 e. The standard InChI is InChI=1S/C15H13ClN2O2S/c1-3-8-7-21-15(17-8)10-6-11(19)9-4-5-12(20-2)13(16)14(9)18-10/h4-7H,3H2,1-2H3,(H,18,19). The molecule has 3 rings (SSSR count). The van der Waals surface area contributed by atoms with Crippen molar-refractivity contribution in [3.05, 3.63) is 44.5 Å². The molecule has 6 heteroatoms. The van der Waals surface area contributed by atoms with Crippen LogP contribution in [0.15, 0.2) is 28.4 Å². The number of aromatic nitrogens is 2. The number of aryl methyl sites for hydroxylation is 1. The van der Waals surface area contributed by atoms with Gasteiger partial charge in [0.25, 0.3) is 0 Å². The number of methoxy groups -OCH3 is 1. The summed E-state index contributed by atoms with van der Waals surface area (Å²) in [5.74, 6) is 0.533. The molecule has 0 aliphatic rings. The minimum atomic E-state index is -0.0865. The van der Waals surface area contributed by atoms with E-state index >= 15 is 0 Å². The predicted octanol–water partition coefficient (Wildman–Crippen LogP) is 3.88. The number of halogens is 1. The van der Waals surface area contributed by atoms with Crippen molar-refractivity contribution in [2.45, 2.75) is 13.3 Å². The number of nitrogens with zero attached hydrogens (tertiary/aromatic N) is 1. The van der Waals surface area contributed by atoms with Crippen LogP contribution in [0, 0.1) is 0 Å². The van der Waals surface area contributed by atoms with E-state index in [9.17, 15) is 4.79 Å². The molecular formula is C15H13ClN2O2S. The third-order valence-electron chi connectivity index (χ3n) is 3.27. The van der Waals surface area contributed by atoms with Gasteiger partial charge in [0.2, 0.25) is 0 Å². The van der Waals surface area contributed by atoms with E-state index in [1.807, 2.05) is 12.3 Å². The molecule has 0 aliphatic heterocycles. The highest BCUT2D eigenvalue weighted by molar-refractivity contribution is 7.13. The van der Waals surface area contributed by atoms with E-state index < -0.39 is 0 Å². The summed E-state index contributed by atoms with van der Waals surface area (Å²) in [7, 11) is 1.54. The van der Waals surface area contributed by atoms with Crippen molar-refractivity contribution in [2.75, 3.05) is 7.11 Å². The summed E-state index contributed by atoms with van der Waals surface area (Å²) in [5.41, 5.74) is 2.17. The molecule has 2 heterocycles. The molecule has 0 fully saturated rings. The molecule has 0 aliphatic carbocycles. The summed E-state index contributed by atoms with van der Waals surface area (Å²) in [6.07, 6.45) is 0.864. The molecule has 0 radical (unpaired) electrons. The Balaban J connectivity index is 2.26. The van der Waals surface area contributed by atoms with E-state index in [2.05, 4.69) is 9.97 Å².